The average molecular weight is 170 g/mol. The Bertz CT molecular complexity index is 134. The first-order valence-corrected chi connectivity index (χ1v) is 4.38. The number of hydrogen-bond acceptors (Lipinski definition) is 3. The molecule has 4 nitrogen and oxygen atoms in total. The van der Waals surface area contributed by atoms with Gasteiger partial charge >= 0.3 is 6.41 Å². The van der Waals surface area contributed by atoms with Gasteiger partial charge < -0.3 is 10.6 Å². The zero-order chi connectivity index (χ0) is 8.81. The van der Waals surface area contributed by atoms with Crippen LogP contribution in [0.3, 0.4) is 0 Å². The number of nitrogens with zero attached hydrogens (tertiary/aromatic N) is 1. The van der Waals surface area contributed by atoms with Crippen LogP contribution in [0.15, 0.2) is 0 Å². The Morgan fingerprint density at radius 3 is 2.83 bits per heavy atom. The van der Waals surface area contributed by atoms with Gasteiger partial charge in [-0.1, -0.05) is 0 Å². The summed E-state index contributed by atoms with van der Waals surface area (Å²) in [5.74, 6) is 0. The van der Waals surface area contributed by atoms with Gasteiger partial charge in [-0.25, -0.2) is 0 Å². The Balaban J connectivity index is 2.15. The van der Waals surface area contributed by atoms with E-state index in [1.807, 2.05) is 6.92 Å². The van der Waals surface area contributed by atoms with Crippen molar-refractivity contribution in [3.8, 4) is 0 Å². The molecule has 0 aliphatic carbocycles. The fourth-order valence-corrected chi connectivity index (χ4v) is 1.43. The molecule has 1 amide bonds. The minimum atomic E-state index is 0.209. The highest BCUT2D eigenvalue weighted by atomic mass is 16.1. The summed E-state index contributed by atoms with van der Waals surface area (Å²) in [6, 6.07) is 0.209. The van der Waals surface area contributed by atoms with Gasteiger partial charge in [0, 0.05) is 38.8 Å². The van der Waals surface area contributed by atoms with Crippen molar-refractivity contribution in [2.24, 2.45) is 0 Å². The van der Waals surface area contributed by atoms with Crippen molar-refractivity contribution in [2.75, 3.05) is 32.7 Å². The third-order valence-corrected chi connectivity index (χ3v) is 2.05. The molecule has 1 saturated heterocycles. The van der Waals surface area contributed by atoms with E-state index in [0.29, 0.717) is 0 Å². The van der Waals surface area contributed by atoms with Crippen LogP contribution in [0, 0.1) is 0 Å². The van der Waals surface area contributed by atoms with Gasteiger partial charge in [-0.15, -0.1) is 0 Å². The van der Waals surface area contributed by atoms with Crippen molar-refractivity contribution in [2.45, 2.75) is 13.0 Å². The summed E-state index contributed by atoms with van der Waals surface area (Å²) in [7, 11) is 0. The van der Waals surface area contributed by atoms with E-state index in [0.717, 1.165) is 32.7 Å². The van der Waals surface area contributed by atoms with E-state index in [9.17, 15) is 4.79 Å². The lowest BCUT2D eigenvalue weighted by molar-refractivity contribution is 0.226. The number of hydrogen-bond donors (Lipinski definition) is 2. The third kappa shape index (κ3) is 3.19. The van der Waals surface area contributed by atoms with Gasteiger partial charge in [-0.2, -0.15) is 0 Å². The smallest absolute Gasteiger partial charge is 0.309 e. The molecule has 1 heterocycles. The van der Waals surface area contributed by atoms with Crippen molar-refractivity contribution >= 4 is 6.41 Å². The van der Waals surface area contributed by atoms with E-state index in [2.05, 4.69) is 15.5 Å². The second-order valence-electron chi connectivity index (χ2n) is 3.20. The van der Waals surface area contributed by atoms with Crippen LogP contribution in [0.1, 0.15) is 6.92 Å². The molecule has 0 aromatic rings. The van der Waals surface area contributed by atoms with E-state index in [1.165, 1.54) is 0 Å². The number of nitrogens with one attached hydrogen (secondary N) is 2. The molecule has 0 saturated carbocycles. The molecule has 1 unspecified atom stereocenters. The minimum absolute atomic E-state index is 0.209. The van der Waals surface area contributed by atoms with E-state index in [1.54, 1.807) is 6.41 Å². The first kappa shape index (κ1) is 9.48. The second kappa shape index (κ2) is 5.11. The van der Waals surface area contributed by atoms with Crippen molar-refractivity contribution in [1.82, 2.24) is 15.5 Å². The van der Waals surface area contributed by atoms with Gasteiger partial charge in [0.25, 0.3) is 0 Å². The lowest BCUT2D eigenvalue weighted by Gasteiger charge is -2.29. The molecule has 0 aromatic carbocycles. The lowest BCUT2D eigenvalue weighted by Crippen LogP contribution is -2.48. The quantitative estimate of drug-likeness (QED) is 0.528. The first-order chi connectivity index (χ1) is 5.83. The largest absolute Gasteiger partial charge is 0.344 e. The van der Waals surface area contributed by atoms with Crippen LogP contribution in [0.5, 0.6) is 0 Å². The summed E-state index contributed by atoms with van der Waals surface area (Å²) in [5, 5.41) is 5.91. The van der Waals surface area contributed by atoms with Crippen LogP contribution in [0.4, 0.5) is 0 Å². The summed E-state index contributed by atoms with van der Waals surface area (Å²) in [6.45, 7) is 7.18. The molecule has 1 fully saturated rings. The maximum atomic E-state index is 9.99. The Morgan fingerprint density at radius 2 is 2.25 bits per heavy atom. The van der Waals surface area contributed by atoms with Crippen LogP contribution in [0.25, 0.3) is 0 Å². The number of amides is 1. The van der Waals surface area contributed by atoms with Crippen LogP contribution in [0.2, 0.25) is 0 Å². The van der Waals surface area contributed by atoms with Crippen LogP contribution in [-0.4, -0.2) is 50.1 Å². The molecular formula is C8H16N3O. The van der Waals surface area contributed by atoms with E-state index in [4.69, 9.17) is 0 Å². The van der Waals surface area contributed by atoms with Gasteiger partial charge in [-0.3, -0.25) is 9.69 Å². The molecule has 0 bridgehead atoms. The van der Waals surface area contributed by atoms with Gasteiger partial charge in [-0.05, 0) is 6.92 Å². The Labute approximate surface area is 73.3 Å². The van der Waals surface area contributed by atoms with Gasteiger partial charge in [0.1, 0.15) is 0 Å². The number of piperazine rings is 1. The summed E-state index contributed by atoms with van der Waals surface area (Å²) in [6.07, 6.45) is 1.71. The molecule has 2 N–H and O–H groups in total. The Hall–Kier alpha value is -0.610. The molecule has 1 rings (SSSR count). The topological polar surface area (TPSA) is 44.4 Å². The fourth-order valence-electron chi connectivity index (χ4n) is 1.43. The Kier molecular flexibility index (Phi) is 4.04. The van der Waals surface area contributed by atoms with Crippen molar-refractivity contribution in [3.63, 3.8) is 0 Å². The highest BCUT2D eigenvalue weighted by Crippen LogP contribution is 1.93. The third-order valence-electron chi connectivity index (χ3n) is 2.05. The van der Waals surface area contributed by atoms with E-state index in [-0.39, 0.29) is 6.04 Å². The minimum Gasteiger partial charge on any atom is -0.344 e. The monoisotopic (exact) mass is 170 g/mol. The molecule has 69 valence electrons. The summed E-state index contributed by atoms with van der Waals surface area (Å²) in [4.78, 5) is 12.3. The molecule has 1 aliphatic heterocycles. The molecule has 0 aromatic heterocycles. The summed E-state index contributed by atoms with van der Waals surface area (Å²) >= 11 is 0. The molecule has 1 aliphatic rings. The van der Waals surface area contributed by atoms with Crippen molar-refractivity contribution in [1.29, 1.82) is 0 Å². The molecule has 0 spiro atoms. The molecular weight excluding hydrogens is 154 g/mol. The second-order valence-corrected chi connectivity index (χ2v) is 3.20. The number of carbonyl (C=O) groups excluding carboxylic acids is 1. The maximum absolute atomic E-state index is 9.99. The first-order valence-electron chi connectivity index (χ1n) is 4.38. The van der Waals surface area contributed by atoms with Crippen LogP contribution >= 0.6 is 0 Å². The predicted molar refractivity (Wildman–Crippen MR) is 47.6 cm³/mol. The number of rotatable bonds is 4. The van der Waals surface area contributed by atoms with E-state index >= 15 is 0 Å². The molecule has 4 heteroatoms. The zero-order valence-corrected chi connectivity index (χ0v) is 7.47. The normalized spacial score (nSPS) is 21.8. The van der Waals surface area contributed by atoms with Crippen LogP contribution < -0.4 is 10.6 Å². The van der Waals surface area contributed by atoms with E-state index < -0.39 is 0 Å². The predicted octanol–water partition coefficient (Wildman–Crippen LogP) is -1.06. The zero-order valence-electron chi connectivity index (χ0n) is 7.47. The molecule has 12 heavy (non-hydrogen) atoms. The standard InChI is InChI=1S/C8H16N3O/c1-8(10-7-12)6-11-4-2-9-3-5-11/h8-9H,2-6H2,1H3,(H,10,12). The fraction of sp³-hybridized carbons (Fsp3) is 0.875. The highest BCUT2D eigenvalue weighted by Gasteiger charge is 2.11. The highest BCUT2D eigenvalue weighted by molar-refractivity contribution is 5.47. The Morgan fingerprint density at radius 1 is 1.58 bits per heavy atom. The van der Waals surface area contributed by atoms with Crippen molar-refractivity contribution < 1.29 is 4.79 Å². The van der Waals surface area contributed by atoms with Crippen LogP contribution in [-0.2, 0) is 4.79 Å². The maximum Gasteiger partial charge on any atom is 0.309 e. The molecule has 1 atom stereocenters. The summed E-state index contributed by atoms with van der Waals surface area (Å²) in [5.41, 5.74) is 0. The average Bonchev–Trinajstić information content (AvgIpc) is 2.06. The lowest BCUT2D eigenvalue weighted by atomic mass is 10.3. The summed E-state index contributed by atoms with van der Waals surface area (Å²) < 4.78 is 0. The van der Waals surface area contributed by atoms with Crippen molar-refractivity contribution in [3.05, 3.63) is 0 Å². The van der Waals surface area contributed by atoms with Gasteiger partial charge in [0.15, 0.2) is 0 Å². The SMILES string of the molecule is CC(CN1CCNCC1)N[C]=O. The molecule has 1 radical (unpaired) electrons. The van der Waals surface area contributed by atoms with Gasteiger partial charge in [0.2, 0.25) is 0 Å². The van der Waals surface area contributed by atoms with Gasteiger partial charge in [0.05, 0.1) is 0 Å².